The summed E-state index contributed by atoms with van der Waals surface area (Å²) in [6, 6.07) is 3.71. The highest BCUT2D eigenvalue weighted by atomic mass is 35.5. The van der Waals surface area contributed by atoms with Crippen molar-refractivity contribution in [1.82, 2.24) is 15.0 Å². The molecule has 0 spiro atoms. The molecule has 4 nitrogen and oxygen atoms in total. The van der Waals surface area contributed by atoms with Crippen LogP contribution in [0.2, 0.25) is 5.15 Å². The normalized spacial score (nSPS) is 14.5. The third kappa shape index (κ3) is 2.54. The molecule has 0 unspecified atom stereocenters. The lowest BCUT2D eigenvalue weighted by Gasteiger charge is -2.11. The van der Waals surface area contributed by atoms with Crippen LogP contribution in [0.4, 0.5) is 0 Å². The molecule has 0 N–H and O–H groups in total. The van der Waals surface area contributed by atoms with Crippen molar-refractivity contribution in [2.24, 2.45) is 0 Å². The van der Waals surface area contributed by atoms with Gasteiger partial charge in [-0.2, -0.15) is 4.98 Å². The molecule has 0 bridgehead atoms. The van der Waals surface area contributed by atoms with Crippen molar-refractivity contribution in [3.8, 4) is 11.6 Å². The number of aromatic nitrogens is 3. The van der Waals surface area contributed by atoms with Crippen LogP contribution in [0.5, 0.6) is 11.6 Å². The quantitative estimate of drug-likeness (QED) is 0.799. The highest BCUT2D eigenvalue weighted by Gasteiger charge is 2.28. The Hall–Kier alpha value is -1.68. The second-order valence-electron chi connectivity index (χ2n) is 4.77. The topological polar surface area (TPSA) is 47.9 Å². The fourth-order valence-electron chi connectivity index (χ4n) is 1.79. The lowest BCUT2D eigenvalue weighted by Crippen LogP contribution is -2.01. The molecular weight excluding hydrogens is 262 g/mol. The van der Waals surface area contributed by atoms with E-state index < -0.39 is 0 Å². The summed E-state index contributed by atoms with van der Waals surface area (Å²) < 4.78 is 5.84. The molecule has 19 heavy (non-hydrogen) atoms. The molecule has 2 heterocycles. The van der Waals surface area contributed by atoms with E-state index in [1.54, 1.807) is 6.20 Å². The third-order valence-electron chi connectivity index (χ3n) is 3.17. The maximum atomic E-state index is 6.15. The molecule has 0 saturated heterocycles. The Morgan fingerprint density at radius 1 is 1.26 bits per heavy atom. The van der Waals surface area contributed by atoms with Gasteiger partial charge in [-0.1, -0.05) is 11.6 Å². The van der Waals surface area contributed by atoms with Crippen LogP contribution in [-0.4, -0.2) is 15.0 Å². The van der Waals surface area contributed by atoms with E-state index in [-0.39, 0.29) is 0 Å². The van der Waals surface area contributed by atoms with Crippen LogP contribution in [0.15, 0.2) is 18.3 Å². The van der Waals surface area contributed by atoms with Crippen LogP contribution in [0, 0.1) is 13.8 Å². The van der Waals surface area contributed by atoms with Crippen molar-refractivity contribution in [2.45, 2.75) is 32.6 Å². The lowest BCUT2D eigenvalue weighted by atomic mass is 10.3. The summed E-state index contributed by atoms with van der Waals surface area (Å²) in [4.78, 5) is 13.0. The van der Waals surface area contributed by atoms with Gasteiger partial charge in [-0.05, 0) is 38.8 Å². The first kappa shape index (κ1) is 12.4. The Morgan fingerprint density at radius 3 is 2.74 bits per heavy atom. The van der Waals surface area contributed by atoms with Gasteiger partial charge in [-0.15, -0.1) is 0 Å². The minimum absolute atomic E-state index is 0.440. The molecule has 1 aliphatic carbocycles. The summed E-state index contributed by atoms with van der Waals surface area (Å²) >= 11 is 6.15. The molecule has 0 aromatic carbocycles. The highest BCUT2D eigenvalue weighted by molar-refractivity contribution is 6.30. The summed E-state index contributed by atoms with van der Waals surface area (Å²) in [5, 5.41) is 0.466. The second kappa shape index (κ2) is 4.78. The number of halogens is 1. The van der Waals surface area contributed by atoms with Gasteiger partial charge in [-0.25, -0.2) is 4.98 Å². The zero-order chi connectivity index (χ0) is 13.4. The minimum atomic E-state index is 0.440. The van der Waals surface area contributed by atoms with Gasteiger partial charge >= 0.3 is 0 Å². The summed E-state index contributed by atoms with van der Waals surface area (Å²) in [6.45, 7) is 3.76. The summed E-state index contributed by atoms with van der Waals surface area (Å²) in [7, 11) is 0. The highest BCUT2D eigenvalue weighted by Crippen LogP contribution is 2.40. The van der Waals surface area contributed by atoms with E-state index in [9.17, 15) is 0 Å². The van der Waals surface area contributed by atoms with E-state index in [0.717, 1.165) is 29.9 Å². The number of hydrogen-bond donors (Lipinski definition) is 0. The third-order valence-corrected chi connectivity index (χ3v) is 3.53. The second-order valence-corrected chi connectivity index (χ2v) is 5.12. The molecule has 2 aromatic rings. The van der Waals surface area contributed by atoms with E-state index in [1.807, 2.05) is 26.0 Å². The summed E-state index contributed by atoms with van der Waals surface area (Å²) in [5.41, 5.74) is 1.58. The Kier molecular flexibility index (Phi) is 3.11. The fraction of sp³-hybridized carbons (Fsp3) is 0.357. The summed E-state index contributed by atoms with van der Waals surface area (Å²) in [5.74, 6) is 2.45. The smallest absolute Gasteiger partial charge is 0.227 e. The standard InChI is InChI=1S/C14H14ClN3O/c1-8-12(15)17-13(10-5-6-10)18-14(8)19-11-4-3-7-16-9(11)2/h3-4,7,10H,5-6H2,1-2H3. The van der Waals surface area contributed by atoms with Gasteiger partial charge in [-0.3, -0.25) is 4.98 Å². The predicted molar refractivity (Wildman–Crippen MR) is 72.8 cm³/mol. The molecule has 2 aromatic heterocycles. The number of ether oxygens (including phenoxy) is 1. The molecule has 0 radical (unpaired) electrons. The van der Waals surface area contributed by atoms with E-state index in [2.05, 4.69) is 15.0 Å². The molecule has 0 atom stereocenters. The average molecular weight is 276 g/mol. The average Bonchev–Trinajstić information content (AvgIpc) is 3.21. The number of aryl methyl sites for hydroxylation is 1. The van der Waals surface area contributed by atoms with Crippen LogP contribution in [0.3, 0.4) is 0 Å². The van der Waals surface area contributed by atoms with Crippen LogP contribution < -0.4 is 4.74 Å². The van der Waals surface area contributed by atoms with Crippen molar-refractivity contribution < 1.29 is 4.74 Å². The zero-order valence-corrected chi connectivity index (χ0v) is 11.6. The Balaban J connectivity index is 1.98. The zero-order valence-electron chi connectivity index (χ0n) is 10.9. The number of nitrogens with zero attached hydrogens (tertiary/aromatic N) is 3. The molecule has 0 amide bonds. The van der Waals surface area contributed by atoms with E-state index >= 15 is 0 Å². The van der Waals surface area contributed by atoms with Crippen molar-refractivity contribution in [2.75, 3.05) is 0 Å². The molecule has 1 fully saturated rings. The lowest BCUT2D eigenvalue weighted by molar-refractivity contribution is 0.448. The van der Waals surface area contributed by atoms with Crippen LogP contribution >= 0.6 is 11.6 Å². The molecular formula is C14H14ClN3O. The van der Waals surface area contributed by atoms with E-state index in [0.29, 0.717) is 22.7 Å². The van der Waals surface area contributed by atoms with Crippen molar-refractivity contribution in [3.05, 3.63) is 40.6 Å². The van der Waals surface area contributed by atoms with Gasteiger partial charge in [0, 0.05) is 17.7 Å². The maximum absolute atomic E-state index is 6.15. The number of hydrogen-bond acceptors (Lipinski definition) is 4. The van der Waals surface area contributed by atoms with Crippen LogP contribution in [-0.2, 0) is 0 Å². The van der Waals surface area contributed by atoms with Gasteiger partial charge in [0.15, 0.2) is 5.75 Å². The first-order valence-electron chi connectivity index (χ1n) is 6.28. The monoisotopic (exact) mass is 275 g/mol. The molecule has 5 heteroatoms. The molecule has 0 aliphatic heterocycles. The van der Waals surface area contributed by atoms with E-state index in [1.165, 1.54) is 0 Å². The van der Waals surface area contributed by atoms with Crippen molar-refractivity contribution >= 4 is 11.6 Å². The van der Waals surface area contributed by atoms with Crippen molar-refractivity contribution in [1.29, 1.82) is 0 Å². The number of rotatable bonds is 3. The van der Waals surface area contributed by atoms with Gasteiger partial charge in [0.1, 0.15) is 11.0 Å². The van der Waals surface area contributed by atoms with E-state index in [4.69, 9.17) is 16.3 Å². The molecule has 1 aliphatic rings. The maximum Gasteiger partial charge on any atom is 0.227 e. The Bertz CT molecular complexity index is 626. The Morgan fingerprint density at radius 2 is 2.05 bits per heavy atom. The van der Waals surface area contributed by atoms with Gasteiger partial charge in [0.2, 0.25) is 5.88 Å². The minimum Gasteiger partial charge on any atom is -0.437 e. The van der Waals surface area contributed by atoms with Crippen LogP contribution in [0.25, 0.3) is 0 Å². The van der Waals surface area contributed by atoms with Gasteiger partial charge in [0.05, 0.1) is 5.69 Å². The summed E-state index contributed by atoms with van der Waals surface area (Å²) in [6.07, 6.45) is 3.99. The van der Waals surface area contributed by atoms with Crippen molar-refractivity contribution in [3.63, 3.8) is 0 Å². The molecule has 3 rings (SSSR count). The first-order valence-corrected chi connectivity index (χ1v) is 6.66. The van der Waals surface area contributed by atoms with Crippen LogP contribution in [0.1, 0.15) is 35.8 Å². The SMILES string of the molecule is Cc1ncccc1Oc1nc(C2CC2)nc(Cl)c1C. The first-order chi connectivity index (χ1) is 9.15. The molecule has 1 saturated carbocycles. The number of pyridine rings is 1. The molecule has 98 valence electrons. The van der Waals surface area contributed by atoms with Gasteiger partial charge < -0.3 is 4.74 Å². The van der Waals surface area contributed by atoms with Gasteiger partial charge in [0.25, 0.3) is 0 Å². The fourth-order valence-corrected chi connectivity index (χ4v) is 1.96. The largest absolute Gasteiger partial charge is 0.437 e. The Labute approximate surface area is 116 Å². The predicted octanol–water partition coefficient (Wildman–Crippen LogP) is 3.81.